The molecule has 112 valence electrons. The van der Waals surface area contributed by atoms with Gasteiger partial charge in [-0.15, -0.1) is 11.3 Å². The molecule has 0 bridgehead atoms. The van der Waals surface area contributed by atoms with E-state index in [1.807, 2.05) is 16.3 Å². The van der Waals surface area contributed by atoms with Crippen molar-refractivity contribution in [1.29, 1.82) is 0 Å². The highest BCUT2D eigenvalue weighted by Gasteiger charge is 2.29. The number of hydrogen-bond donors (Lipinski definition) is 2. The summed E-state index contributed by atoms with van der Waals surface area (Å²) in [6, 6.07) is 1.94. The molecule has 2 aromatic heterocycles. The second kappa shape index (κ2) is 5.95. The summed E-state index contributed by atoms with van der Waals surface area (Å²) in [6.07, 6.45) is 2.87. The zero-order valence-corrected chi connectivity index (χ0v) is 12.8. The van der Waals surface area contributed by atoms with E-state index in [1.54, 1.807) is 11.3 Å². The Kier molecular flexibility index (Phi) is 4.03. The molecule has 0 radical (unpaired) electrons. The number of nitrogens with zero attached hydrogens (tertiary/aromatic N) is 3. The minimum atomic E-state index is 0.200. The number of amides is 1. The number of fused-ring (bicyclic) bond motifs is 1. The molecule has 1 aliphatic rings. The Morgan fingerprint density at radius 2 is 2.38 bits per heavy atom. The van der Waals surface area contributed by atoms with Crippen LogP contribution in [0.25, 0.3) is 10.2 Å². The minimum absolute atomic E-state index is 0.200. The Morgan fingerprint density at radius 3 is 3.14 bits per heavy atom. The van der Waals surface area contributed by atoms with Crippen molar-refractivity contribution in [2.45, 2.75) is 32.7 Å². The van der Waals surface area contributed by atoms with Gasteiger partial charge in [-0.3, -0.25) is 4.79 Å². The molecule has 0 spiro atoms. The highest BCUT2D eigenvalue weighted by Crippen LogP contribution is 2.27. The molecule has 1 atom stereocenters. The second-order valence-corrected chi connectivity index (χ2v) is 6.30. The molecule has 1 unspecified atom stereocenters. The standard InChI is InChI=1S/C14H19N5OS/c1-2-3-9-6-12(20)19(7-9)8-11-16-13(18-15)10-4-5-21-14(10)17-11/h4-5,9H,2-3,6-8,15H2,1H3,(H,16,17,18). The Balaban J connectivity index is 1.80. The van der Waals surface area contributed by atoms with E-state index >= 15 is 0 Å². The summed E-state index contributed by atoms with van der Waals surface area (Å²) >= 11 is 1.55. The Bertz CT molecular complexity index is 656. The van der Waals surface area contributed by atoms with Gasteiger partial charge in [0.2, 0.25) is 5.91 Å². The van der Waals surface area contributed by atoms with Crippen LogP contribution in [0.5, 0.6) is 0 Å². The van der Waals surface area contributed by atoms with Crippen molar-refractivity contribution in [3.05, 3.63) is 17.3 Å². The monoisotopic (exact) mass is 305 g/mol. The maximum absolute atomic E-state index is 12.1. The molecular formula is C14H19N5OS. The van der Waals surface area contributed by atoms with E-state index in [2.05, 4.69) is 22.3 Å². The molecule has 2 aromatic rings. The van der Waals surface area contributed by atoms with Crippen molar-refractivity contribution in [1.82, 2.24) is 14.9 Å². The van der Waals surface area contributed by atoms with Crippen LogP contribution in [0.3, 0.4) is 0 Å². The fourth-order valence-corrected chi connectivity index (χ4v) is 3.64. The number of anilines is 1. The number of hydrazine groups is 1. The van der Waals surface area contributed by atoms with Gasteiger partial charge in [-0.05, 0) is 23.8 Å². The maximum Gasteiger partial charge on any atom is 0.223 e. The van der Waals surface area contributed by atoms with Crippen LogP contribution in [0, 0.1) is 5.92 Å². The van der Waals surface area contributed by atoms with Crippen LogP contribution in [0.4, 0.5) is 5.82 Å². The summed E-state index contributed by atoms with van der Waals surface area (Å²) in [4.78, 5) is 23.8. The highest BCUT2D eigenvalue weighted by molar-refractivity contribution is 7.16. The van der Waals surface area contributed by atoms with E-state index in [0.29, 0.717) is 30.5 Å². The molecule has 1 amide bonds. The lowest BCUT2D eigenvalue weighted by molar-refractivity contribution is -0.128. The molecule has 7 heteroatoms. The first-order chi connectivity index (χ1) is 10.2. The number of rotatable bonds is 5. The third-order valence-electron chi connectivity index (χ3n) is 3.83. The Labute approximate surface area is 127 Å². The molecule has 3 rings (SSSR count). The molecule has 6 nitrogen and oxygen atoms in total. The van der Waals surface area contributed by atoms with E-state index in [4.69, 9.17) is 5.84 Å². The molecule has 0 saturated carbocycles. The Morgan fingerprint density at radius 1 is 1.52 bits per heavy atom. The average molecular weight is 305 g/mol. The number of hydrogen-bond acceptors (Lipinski definition) is 6. The third kappa shape index (κ3) is 2.84. The van der Waals surface area contributed by atoms with Crippen LogP contribution in [-0.4, -0.2) is 27.3 Å². The predicted octanol–water partition coefficient (Wildman–Crippen LogP) is 2.13. The third-order valence-corrected chi connectivity index (χ3v) is 4.64. The molecule has 1 fully saturated rings. The van der Waals surface area contributed by atoms with Crippen LogP contribution in [0.15, 0.2) is 11.4 Å². The van der Waals surface area contributed by atoms with Crippen molar-refractivity contribution < 1.29 is 4.79 Å². The number of thiophene rings is 1. The lowest BCUT2D eigenvalue weighted by Gasteiger charge is -2.16. The summed E-state index contributed by atoms with van der Waals surface area (Å²) in [5, 5.41) is 2.88. The first-order valence-electron chi connectivity index (χ1n) is 7.19. The molecule has 0 aliphatic carbocycles. The maximum atomic E-state index is 12.1. The number of nitrogens with one attached hydrogen (secondary N) is 1. The van der Waals surface area contributed by atoms with Gasteiger partial charge in [0.15, 0.2) is 11.6 Å². The smallest absolute Gasteiger partial charge is 0.223 e. The van der Waals surface area contributed by atoms with E-state index < -0.39 is 0 Å². The largest absolute Gasteiger partial charge is 0.335 e. The van der Waals surface area contributed by atoms with Crippen molar-refractivity contribution in [2.75, 3.05) is 12.0 Å². The second-order valence-electron chi connectivity index (χ2n) is 5.41. The Hall–Kier alpha value is -1.73. The molecule has 21 heavy (non-hydrogen) atoms. The van der Waals surface area contributed by atoms with E-state index in [9.17, 15) is 4.79 Å². The first kappa shape index (κ1) is 14.2. The summed E-state index contributed by atoms with van der Waals surface area (Å²) in [6.45, 7) is 3.42. The van der Waals surface area contributed by atoms with Gasteiger partial charge in [-0.2, -0.15) is 0 Å². The van der Waals surface area contributed by atoms with Gasteiger partial charge in [0.1, 0.15) is 4.83 Å². The van der Waals surface area contributed by atoms with E-state index in [1.165, 1.54) is 0 Å². The summed E-state index contributed by atoms with van der Waals surface area (Å²) in [5.41, 5.74) is 2.61. The molecule has 1 saturated heterocycles. The van der Waals surface area contributed by atoms with Crippen molar-refractivity contribution in [3.63, 3.8) is 0 Å². The van der Waals surface area contributed by atoms with Gasteiger partial charge >= 0.3 is 0 Å². The lowest BCUT2D eigenvalue weighted by atomic mass is 10.0. The molecular weight excluding hydrogens is 286 g/mol. The van der Waals surface area contributed by atoms with Gasteiger partial charge in [0.05, 0.1) is 11.9 Å². The summed E-state index contributed by atoms with van der Waals surface area (Å²) in [5.74, 6) is 7.46. The van der Waals surface area contributed by atoms with E-state index in [0.717, 1.165) is 29.6 Å². The summed E-state index contributed by atoms with van der Waals surface area (Å²) < 4.78 is 0. The minimum Gasteiger partial charge on any atom is -0.335 e. The predicted molar refractivity (Wildman–Crippen MR) is 83.7 cm³/mol. The fourth-order valence-electron chi connectivity index (χ4n) is 2.86. The van der Waals surface area contributed by atoms with Crippen LogP contribution in [-0.2, 0) is 11.3 Å². The number of nitrogen functional groups attached to an aromatic ring is 1. The highest BCUT2D eigenvalue weighted by atomic mass is 32.1. The quantitative estimate of drug-likeness (QED) is 0.653. The number of carbonyl (C=O) groups is 1. The van der Waals surface area contributed by atoms with Gasteiger partial charge in [-0.25, -0.2) is 15.8 Å². The number of likely N-dealkylation sites (tertiary alicyclic amines) is 1. The van der Waals surface area contributed by atoms with Crippen molar-refractivity contribution >= 4 is 33.3 Å². The van der Waals surface area contributed by atoms with Gasteiger partial charge in [0, 0.05) is 13.0 Å². The fraction of sp³-hybridized carbons (Fsp3) is 0.500. The van der Waals surface area contributed by atoms with Crippen LogP contribution in [0.1, 0.15) is 32.0 Å². The number of carbonyl (C=O) groups excluding carboxylic acids is 1. The first-order valence-corrected chi connectivity index (χ1v) is 8.07. The van der Waals surface area contributed by atoms with Gasteiger partial charge in [-0.1, -0.05) is 13.3 Å². The SMILES string of the molecule is CCCC1CC(=O)N(Cc2nc(NN)c3ccsc3n2)C1. The summed E-state index contributed by atoms with van der Waals surface area (Å²) in [7, 11) is 0. The van der Waals surface area contributed by atoms with Gasteiger partial charge < -0.3 is 10.3 Å². The van der Waals surface area contributed by atoms with E-state index in [-0.39, 0.29) is 5.91 Å². The normalized spacial score (nSPS) is 18.7. The van der Waals surface area contributed by atoms with Crippen molar-refractivity contribution in [2.24, 2.45) is 11.8 Å². The lowest BCUT2D eigenvalue weighted by Crippen LogP contribution is -2.26. The van der Waals surface area contributed by atoms with Gasteiger partial charge in [0.25, 0.3) is 0 Å². The molecule has 0 aromatic carbocycles. The molecule has 3 heterocycles. The average Bonchev–Trinajstić information content (AvgIpc) is 3.06. The van der Waals surface area contributed by atoms with Crippen LogP contribution < -0.4 is 11.3 Å². The number of aromatic nitrogens is 2. The van der Waals surface area contributed by atoms with Crippen LogP contribution >= 0.6 is 11.3 Å². The zero-order chi connectivity index (χ0) is 14.8. The van der Waals surface area contributed by atoms with Crippen LogP contribution in [0.2, 0.25) is 0 Å². The zero-order valence-electron chi connectivity index (χ0n) is 12.0. The molecule has 3 N–H and O–H groups in total. The molecule has 1 aliphatic heterocycles. The number of nitrogens with two attached hydrogens (primary N) is 1. The van der Waals surface area contributed by atoms with Crippen molar-refractivity contribution in [3.8, 4) is 0 Å². The topological polar surface area (TPSA) is 84.1 Å².